The lowest BCUT2D eigenvalue weighted by Gasteiger charge is -2.16. The van der Waals surface area contributed by atoms with Crippen LogP contribution in [0, 0.1) is 11.6 Å². The molecule has 174 valence electrons. The number of carbonyl (C=O) groups is 2. The van der Waals surface area contributed by atoms with Crippen LogP contribution in [0.2, 0.25) is 0 Å². The second-order valence-electron chi connectivity index (χ2n) is 7.98. The molecule has 0 unspecified atom stereocenters. The van der Waals surface area contributed by atoms with Crippen molar-refractivity contribution in [1.29, 1.82) is 0 Å². The van der Waals surface area contributed by atoms with Crippen molar-refractivity contribution < 1.29 is 18.4 Å². The zero-order valence-electron chi connectivity index (χ0n) is 18.5. The van der Waals surface area contributed by atoms with Gasteiger partial charge in [0.1, 0.15) is 0 Å². The van der Waals surface area contributed by atoms with Crippen LogP contribution in [0.5, 0.6) is 0 Å². The highest BCUT2D eigenvalue weighted by Gasteiger charge is 2.28. The SMILES string of the molecule is CN(C)C(=O)c1cc(F)c(F)cc1NC(=O)c1nc(C2CC2)cnc1NC1=C/C=C/C=C/N=C1. The summed E-state index contributed by atoms with van der Waals surface area (Å²) in [5.74, 6) is -3.34. The van der Waals surface area contributed by atoms with Crippen LogP contribution in [0.25, 0.3) is 0 Å². The van der Waals surface area contributed by atoms with E-state index in [9.17, 15) is 18.4 Å². The van der Waals surface area contributed by atoms with E-state index < -0.39 is 23.4 Å². The number of amides is 2. The number of anilines is 2. The highest BCUT2D eigenvalue weighted by Crippen LogP contribution is 2.39. The van der Waals surface area contributed by atoms with Crippen LogP contribution in [-0.2, 0) is 0 Å². The number of hydrogen-bond donors (Lipinski definition) is 2. The number of aromatic nitrogens is 2. The minimum absolute atomic E-state index is 0.0479. The maximum atomic E-state index is 14.0. The predicted molar refractivity (Wildman–Crippen MR) is 125 cm³/mol. The molecule has 1 aliphatic heterocycles. The van der Waals surface area contributed by atoms with Crippen LogP contribution < -0.4 is 10.6 Å². The van der Waals surface area contributed by atoms with Crippen LogP contribution in [0.15, 0.2) is 59.5 Å². The number of nitrogens with zero attached hydrogens (tertiary/aromatic N) is 4. The Kier molecular flexibility index (Phi) is 6.58. The summed E-state index contributed by atoms with van der Waals surface area (Å²) in [6.45, 7) is 0. The molecule has 0 atom stereocenters. The molecule has 34 heavy (non-hydrogen) atoms. The smallest absolute Gasteiger partial charge is 0.278 e. The van der Waals surface area contributed by atoms with Gasteiger partial charge >= 0.3 is 0 Å². The topological polar surface area (TPSA) is 99.6 Å². The predicted octanol–water partition coefficient (Wildman–Crippen LogP) is 4.04. The lowest BCUT2D eigenvalue weighted by Crippen LogP contribution is -2.25. The van der Waals surface area contributed by atoms with Gasteiger partial charge in [0.15, 0.2) is 23.1 Å². The van der Waals surface area contributed by atoms with Crippen molar-refractivity contribution in [3.8, 4) is 0 Å². The first-order valence-electron chi connectivity index (χ1n) is 10.6. The number of halogens is 2. The minimum Gasteiger partial charge on any atom is -0.345 e. The van der Waals surface area contributed by atoms with Crippen LogP contribution in [0.1, 0.15) is 45.3 Å². The zero-order chi connectivity index (χ0) is 24.2. The summed E-state index contributed by atoms with van der Waals surface area (Å²) in [5.41, 5.74) is 0.804. The van der Waals surface area contributed by atoms with Crippen molar-refractivity contribution >= 4 is 29.5 Å². The second-order valence-corrected chi connectivity index (χ2v) is 7.98. The van der Waals surface area contributed by atoms with Gasteiger partial charge in [-0.05, 0) is 31.1 Å². The number of benzene rings is 1. The standard InChI is InChI=1S/C24H22F2N6O2/c1-32(2)24(34)16-10-17(25)18(26)11-19(16)31-23(33)21-22(28-13-20(30-21)14-7-8-14)29-15-6-4-3-5-9-27-12-15/h3-6,9-14H,7-8H2,1-2H3,(H,28,29)(H,31,33)/b4-3+,5-3?,6-4?,9-5+,15-6?,15-12?,27-9?,27-12?. The summed E-state index contributed by atoms with van der Waals surface area (Å²) in [6.07, 6.45) is 13.7. The lowest BCUT2D eigenvalue weighted by molar-refractivity contribution is 0.0828. The molecule has 2 amide bonds. The van der Waals surface area contributed by atoms with E-state index >= 15 is 0 Å². The third-order valence-corrected chi connectivity index (χ3v) is 5.09. The van der Waals surface area contributed by atoms with Gasteiger partial charge in [0.05, 0.1) is 35.1 Å². The van der Waals surface area contributed by atoms with E-state index in [1.54, 1.807) is 42.9 Å². The van der Waals surface area contributed by atoms with E-state index in [1.165, 1.54) is 19.0 Å². The van der Waals surface area contributed by atoms with Crippen molar-refractivity contribution in [3.63, 3.8) is 0 Å². The monoisotopic (exact) mass is 464 g/mol. The third-order valence-electron chi connectivity index (χ3n) is 5.09. The van der Waals surface area contributed by atoms with Gasteiger partial charge in [0.25, 0.3) is 11.8 Å². The Morgan fingerprint density at radius 3 is 2.59 bits per heavy atom. The van der Waals surface area contributed by atoms with Crippen LogP contribution >= 0.6 is 0 Å². The molecule has 0 saturated heterocycles. The van der Waals surface area contributed by atoms with E-state index in [1.807, 2.05) is 0 Å². The molecule has 2 aromatic rings. The third kappa shape index (κ3) is 5.22. The number of allylic oxidation sites excluding steroid dienone is 5. The summed E-state index contributed by atoms with van der Waals surface area (Å²) in [7, 11) is 2.94. The van der Waals surface area contributed by atoms with E-state index in [-0.39, 0.29) is 28.7 Å². The molecular weight excluding hydrogens is 442 g/mol. The number of nitrogens with one attached hydrogen (secondary N) is 2. The van der Waals surface area contributed by atoms with Gasteiger partial charge < -0.3 is 15.5 Å². The molecule has 0 spiro atoms. The zero-order valence-corrected chi connectivity index (χ0v) is 18.5. The average Bonchev–Trinajstić information content (AvgIpc) is 3.63. The fraction of sp³-hybridized carbons (Fsp3) is 0.208. The minimum atomic E-state index is -1.20. The number of hydrogen-bond acceptors (Lipinski definition) is 6. The summed E-state index contributed by atoms with van der Waals surface area (Å²) in [5, 5.41) is 5.53. The summed E-state index contributed by atoms with van der Waals surface area (Å²) >= 11 is 0. The van der Waals surface area contributed by atoms with Gasteiger partial charge in [-0.1, -0.05) is 12.2 Å². The number of rotatable bonds is 6. The molecule has 1 aromatic carbocycles. The Bertz CT molecular complexity index is 1260. The molecule has 0 radical (unpaired) electrons. The Morgan fingerprint density at radius 2 is 1.85 bits per heavy atom. The Balaban J connectivity index is 1.69. The van der Waals surface area contributed by atoms with Crippen LogP contribution in [0.3, 0.4) is 0 Å². The summed E-state index contributed by atoms with van der Waals surface area (Å²) < 4.78 is 27.8. The fourth-order valence-corrected chi connectivity index (χ4v) is 3.18. The van der Waals surface area contributed by atoms with Crippen molar-refractivity contribution in [2.75, 3.05) is 24.7 Å². The van der Waals surface area contributed by atoms with E-state index in [4.69, 9.17) is 0 Å². The molecule has 8 nitrogen and oxygen atoms in total. The summed E-state index contributed by atoms with van der Waals surface area (Å²) in [6, 6.07) is 1.53. The summed E-state index contributed by atoms with van der Waals surface area (Å²) in [4.78, 5) is 39.9. The Morgan fingerprint density at radius 1 is 1.09 bits per heavy atom. The largest absolute Gasteiger partial charge is 0.345 e. The van der Waals surface area contributed by atoms with Crippen molar-refractivity contribution in [2.24, 2.45) is 4.99 Å². The van der Waals surface area contributed by atoms with Gasteiger partial charge in [-0.25, -0.2) is 18.7 Å². The molecule has 1 fully saturated rings. The maximum Gasteiger partial charge on any atom is 0.278 e. The molecule has 4 rings (SSSR count). The van der Waals surface area contributed by atoms with E-state index in [0.717, 1.165) is 25.0 Å². The van der Waals surface area contributed by atoms with Gasteiger partial charge in [-0.2, -0.15) is 0 Å². The highest BCUT2D eigenvalue weighted by atomic mass is 19.2. The molecule has 2 N–H and O–H groups in total. The van der Waals surface area contributed by atoms with E-state index in [2.05, 4.69) is 25.6 Å². The van der Waals surface area contributed by atoms with E-state index in [0.29, 0.717) is 11.4 Å². The first-order valence-corrected chi connectivity index (χ1v) is 10.6. The Hall–Kier alpha value is -4.21. The molecule has 1 aromatic heterocycles. The van der Waals surface area contributed by atoms with Crippen LogP contribution in [0.4, 0.5) is 20.3 Å². The molecule has 0 bridgehead atoms. The molecular formula is C24H22F2N6O2. The average molecular weight is 464 g/mol. The molecule has 10 heteroatoms. The van der Waals surface area contributed by atoms with Gasteiger partial charge in [0.2, 0.25) is 0 Å². The number of aliphatic imine (C=N–C) groups is 1. The maximum absolute atomic E-state index is 14.0. The van der Waals surface area contributed by atoms with Crippen molar-refractivity contribution in [2.45, 2.75) is 18.8 Å². The first-order chi connectivity index (χ1) is 16.3. The van der Waals surface area contributed by atoms with Gasteiger partial charge in [-0.15, -0.1) is 0 Å². The lowest BCUT2D eigenvalue weighted by atomic mass is 10.1. The second kappa shape index (κ2) is 9.74. The molecule has 1 aliphatic carbocycles. The van der Waals surface area contributed by atoms with Gasteiger partial charge in [-0.3, -0.25) is 14.6 Å². The fourth-order valence-electron chi connectivity index (χ4n) is 3.18. The molecule has 2 aliphatic rings. The first kappa shape index (κ1) is 23.0. The molecule has 2 heterocycles. The highest BCUT2D eigenvalue weighted by molar-refractivity contribution is 6.10. The quantitative estimate of drug-likeness (QED) is 0.672. The van der Waals surface area contributed by atoms with Gasteiger partial charge in [0, 0.05) is 32.3 Å². The Labute approximate surface area is 194 Å². The van der Waals surface area contributed by atoms with Crippen molar-refractivity contribution in [1.82, 2.24) is 14.9 Å². The molecule has 1 saturated carbocycles. The van der Waals surface area contributed by atoms with Crippen LogP contribution in [-0.4, -0.2) is 47.0 Å². The van der Waals surface area contributed by atoms with Crippen molar-refractivity contribution in [3.05, 3.63) is 83.1 Å². The normalized spacial score (nSPS) is 16.6. The number of carbonyl (C=O) groups excluding carboxylic acids is 2.